The second-order valence-corrected chi connectivity index (χ2v) is 8.87. The second kappa shape index (κ2) is 8.54. The molecule has 1 aliphatic carbocycles. The van der Waals surface area contributed by atoms with Gasteiger partial charge >= 0.3 is 0 Å². The maximum atomic E-state index is 13.4. The van der Waals surface area contributed by atoms with Crippen molar-refractivity contribution in [1.82, 2.24) is 4.90 Å². The average molecular weight is 384 g/mol. The van der Waals surface area contributed by atoms with Crippen LogP contribution in [0, 0.1) is 11.8 Å². The third-order valence-electron chi connectivity index (χ3n) is 6.74. The summed E-state index contributed by atoms with van der Waals surface area (Å²) in [6.45, 7) is 5.97. The van der Waals surface area contributed by atoms with Crippen molar-refractivity contribution in [2.24, 2.45) is 11.8 Å². The first kappa shape index (κ1) is 19.3. The monoisotopic (exact) mass is 383 g/mol. The number of hydrogen-bond donors (Lipinski definition) is 1. The minimum absolute atomic E-state index is 0.0992. The molecule has 0 atom stereocenters. The third-order valence-corrected chi connectivity index (χ3v) is 6.74. The molecule has 2 aliphatic heterocycles. The van der Waals surface area contributed by atoms with Crippen LogP contribution >= 0.6 is 0 Å². The van der Waals surface area contributed by atoms with Gasteiger partial charge in [-0.2, -0.15) is 0 Å². The highest BCUT2D eigenvalue weighted by Gasteiger charge is 2.28. The Morgan fingerprint density at radius 3 is 2.29 bits per heavy atom. The summed E-state index contributed by atoms with van der Waals surface area (Å²) in [6, 6.07) is 5.93. The molecule has 0 bridgehead atoms. The predicted molar refractivity (Wildman–Crippen MR) is 113 cm³/mol. The highest BCUT2D eigenvalue weighted by Crippen LogP contribution is 2.32. The van der Waals surface area contributed by atoms with Gasteiger partial charge in [-0.05, 0) is 69.1 Å². The van der Waals surface area contributed by atoms with Gasteiger partial charge in [-0.25, -0.2) is 0 Å². The molecule has 0 aromatic heterocycles. The van der Waals surface area contributed by atoms with E-state index in [-0.39, 0.29) is 17.7 Å². The number of piperidine rings is 2. The van der Waals surface area contributed by atoms with Gasteiger partial charge in [0.15, 0.2) is 0 Å². The smallest absolute Gasteiger partial charge is 0.256 e. The van der Waals surface area contributed by atoms with Crippen LogP contribution in [0.4, 0.5) is 11.4 Å². The molecule has 5 heteroatoms. The lowest BCUT2D eigenvalue weighted by Crippen LogP contribution is -2.38. The Morgan fingerprint density at radius 1 is 0.929 bits per heavy atom. The third kappa shape index (κ3) is 4.18. The molecule has 0 unspecified atom stereocenters. The molecule has 5 nitrogen and oxygen atoms in total. The molecule has 1 saturated carbocycles. The minimum Gasteiger partial charge on any atom is -0.371 e. The first-order valence-electron chi connectivity index (χ1n) is 11.1. The van der Waals surface area contributed by atoms with Gasteiger partial charge in [0, 0.05) is 43.5 Å². The maximum Gasteiger partial charge on any atom is 0.256 e. The number of benzene rings is 1. The van der Waals surface area contributed by atoms with Crippen molar-refractivity contribution in [3.63, 3.8) is 0 Å². The van der Waals surface area contributed by atoms with Gasteiger partial charge in [-0.15, -0.1) is 0 Å². The molecule has 1 N–H and O–H groups in total. The van der Waals surface area contributed by atoms with E-state index in [1.165, 1.54) is 6.42 Å². The van der Waals surface area contributed by atoms with E-state index in [1.54, 1.807) is 0 Å². The standard InChI is InChI=1S/C23H33N3O2/c1-17-10-14-25(15-11-17)21-9-8-19(24-22(27)18-6-5-7-18)16-20(21)23(28)26-12-3-2-4-13-26/h8-9,16-18H,2-7,10-15H2,1H3,(H,24,27). The fourth-order valence-electron chi connectivity index (χ4n) is 4.49. The maximum absolute atomic E-state index is 13.4. The largest absolute Gasteiger partial charge is 0.371 e. The van der Waals surface area contributed by atoms with E-state index in [4.69, 9.17) is 0 Å². The topological polar surface area (TPSA) is 52.7 Å². The van der Waals surface area contributed by atoms with Crippen LogP contribution in [0.2, 0.25) is 0 Å². The van der Waals surface area contributed by atoms with E-state index in [9.17, 15) is 9.59 Å². The summed E-state index contributed by atoms with van der Waals surface area (Å²) in [5.41, 5.74) is 2.54. The Balaban J connectivity index is 1.58. The van der Waals surface area contributed by atoms with Crippen molar-refractivity contribution in [2.45, 2.75) is 58.3 Å². The summed E-state index contributed by atoms with van der Waals surface area (Å²) < 4.78 is 0. The van der Waals surface area contributed by atoms with Crippen LogP contribution in [-0.4, -0.2) is 42.9 Å². The molecule has 2 saturated heterocycles. The summed E-state index contributed by atoms with van der Waals surface area (Å²) in [5.74, 6) is 1.11. The van der Waals surface area contributed by atoms with E-state index in [2.05, 4.69) is 17.1 Å². The molecular weight excluding hydrogens is 350 g/mol. The Hall–Kier alpha value is -2.04. The zero-order valence-electron chi connectivity index (χ0n) is 17.1. The van der Waals surface area contributed by atoms with Crippen molar-refractivity contribution in [2.75, 3.05) is 36.4 Å². The van der Waals surface area contributed by atoms with Crippen LogP contribution in [0.3, 0.4) is 0 Å². The molecule has 0 spiro atoms. The zero-order chi connectivity index (χ0) is 19.5. The SMILES string of the molecule is CC1CCN(c2ccc(NC(=O)C3CCC3)cc2C(=O)N2CCCCC2)CC1. The van der Waals surface area contributed by atoms with Crippen LogP contribution < -0.4 is 10.2 Å². The molecule has 28 heavy (non-hydrogen) atoms. The van der Waals surface area contributed by atoms with Crippen LogP contribution in [0.15, 0.2) is 18.2 Å². The van der Waals surface area contributed by atoms with Gasteiger partial charge in [0.1, 0.15) is 0 Å². The molecule has 2 amide bonds. The first-order chi connectivity index (χ1) is 13.6. The van der Waals surface area contributed by atoms with E-state index in [1.807, 2.05) is 23.1 Å². The molecule has 2 heterocycles. The van der Waals surface area contributed by atoms with E-state index >= 15 is 0 Å². The molecular formula is C23H33N3O2. The molecule has 1 aromatic rings. The number of carbonyl (C=O) groups excluding carboxylic acids is 2. The van der Waals surface area contributed by atoms with Crippen molar-refractivity contribution in [3.8, 4) is 0 Å². The van der Waals surface area contributed by atoms with Crippen molar-refractivity contribution >= 4 is 23.2 Å². The molecule has 152 valence electrons. The zero-order valence-corrected chi connectivity index (χ0v) is 17.1. The van der Waals surface area contributed by atoms with Crippen LogP contribution in [0.1, 0.15) is 68.6 Å². The van der Waals surface area contributed by atoms with Gasteiger partial charge < -0.3 is 15.1 Å². The Bertz CT molecular complexity index is 715. The van der Waals surface area contributed by atoms with E-state index < -0.39 is 0 Å². The summed E-state index contributed by atoms with van der Waals surface area (Å²) in [5, 5.41) is 3.05. The molecule has 3 aliphatic rings. The van der Waals surface area contributed by atoms with Gasteiger partial charge in [-0.1, -0.05) is 13.3 Å². The lowest BCUT2D eigenvalue weighted by molar-refractivity contribution is -0.122. The summed E-state index contributed by atoms with van der Waals surface area (Å²) >= 11 is 0. The first-order valence-corrected chi connectivity index (χ1v) is 11.1. The quantitative estimate of drug-likeness (QED) is 0.844. The number of carbonyl (C=O) groups is 2. The number of likely N-dealkylation sites (tertiary alicyclic amines) is 1. The molecule has 3 fully saturated rings. The second-order valence-electron chi connectivity index (χ2n) is 8.87. The fraction of sp³-hybridized carbons (Fsp3) is 0.652. The average Bonchev–Trinajstić information content (AvgIpc) is 2.67. The van der Waals surface area contributed by atoms with E-state index in [0.717, 1.165) is 94.0 Å². The number of anilines is 2. The highest BCUT2D eigenvalue weighted by atomic mass is 16.2. The highest BCUT2D eigenvalue weighted by molar-refractivity contribution is 6.02. The Morgan fingerprint density at radius 2 is 1.64 bits per heavy atom. The lowest BCUT2D eigenvalue weighted by atomic mass is 9.85. The summed E-state index contributed by atoms with van der Waals surface area (Å²) in [7, 11) is 0. The van der Waals surface area contributed by atoms with Crippen LogP contribution in [0.5, 0.6) is 0 Å². The Labute approximate surface area is 168 Å². The number of rotatable bonds is 4. The Kier molecular flexibility index (Phi) is 5.88. The van der Waals surface area contributed by atoms with Crippen molar-refractivity contribution < 1.29 is 9.59 Å². The fourth-order valence-corrected chi connectivity index (χ4v) is 4.49. The van der Waals surface area contributed by atoms with Gasteiger partial charge in [0.25, 0.3) is 5.91 Å². The molecule has 0 radical (unpaired) electrons. The predicted octanol–water partition coefficient (Wildman–Crippen LogP) is 4.29. The summed E-state index contributed by atoms with van der Waals surface area (Å²) in [4.78, 5) is 30.1. The van der Waals surface area contributed by atoms with Crippen LogP contribution in [0.25, 0.3) is 0 Å². The molecule has 1 aromatic carbocycles. The van der Waals surface area contributed by atoms with Crippen LogP contribution in [-0.2, 0) is 4.79 Å². The number of nitrogens with zero attached hydrogens (tertiary/aromatic N) is 2. The number of hydrogen-bond acceptors (Lipinski definition) is 3. The van der Waals surface area contributed by atoms with Gasteiger partial charge in [0.2, 0.25) is 5.91 Å². The minimum atomic E-state index is 0.0992. The van der Waals surface area contributed by atoms with E-state index in [0.29, 0.717) is 0 Å². The van der Waals surface area contributed by atoms with Crippen molar-refractivity contribution in [1.29, 1.82) is 0 Å². The molecule has 4 rings (SSSR count). The van der Waals surface area contributed by atoms with Gasteiger partial charge in [0.05, 0.1) is 5.56 Å². The summed E-state index contributed by atoms with van der Waals surface area (Å²) in [6.07, 6.45) is 8.81. The number of amides is 2. The normalized spacial score (nSPS) is 21.3. The van der Waals surface area contributed by atoms with Gasteiger partial charge in [-0.3, -0.25) is 9.59 Å². The lowest BCUT2D eigenvalue weighted by Gasteiger charge is -2.35. The van der Waals surface area contributed by atoms with Crippen molar-refractivity contribution in [3.05, 3.63) is 23.8 Å². The number of nitrogens with one attached hydrogen (secondary N) is 1.